The molecule has 1 aromatic heterocycles. The standard InChI is InChI=1S/C33H45FN6O4/c1-20-14-38(28(13-35-20)15-39-21(2)17-43-18-22(39)3)16-30(41)40-23(4)19-44-33-29(40)12-26(11-24-5-9-27(34)10-6-24)31(37-33)36-32(42)25-7-8-25/h5-6,9-10,12,20-23,25,28,35H,7-8,11,13-19H2,1-4H3,(H,36,37,42)/t20-,21-,22-,23?,28-/m1/s1. The maximum Gasteiger partial charge on any atom is 0.241 e. The van der Waals surface area contributed by atoms with Crippen LogP contribution in [0, 0.1) is 11.7 Å². The minimum atomic E-state index is -0.309. The number of aromatic nitrogens is 1. The molecule has 2 aromatic rings. The van der Waals surface area contributed by atoms with Crippen LogP contribution in [0.25, 0.3) is 0 Å². The Morgan fingerprint density at radius 2 is 1.77 bits per heavy atom. The van der Waals surface area contributed by atoms with Crippen LogP contribution in [0.15, 0.2) is 30.3 Å². The predicted molar refractivity (Wildman–Crippen MR) is 167 cm³/mol. The van der Waals surface area contributed by atoms with Crippen molar-refractivity contribution in [3.8, 4) is 5.88 Å². The van der Waals surface area contributed by atoms with Gasteiger partial charge in [0.05, 0.1) is 25.8 Å². The van der Waals surface area contributed by atoms with Gasteiger partial charge in [0.1, 0.15) is 23.9 Å². The molecular formula is C33H45FN6O4. The van der Waals surface area contributed by atoms with E-state index in [9.17, 15) is 14.0 Å². The second-order valence-electron chi connectivity index (χ2n) is 13.1. The van der Waals surface area contributed by atoms with E-state index in [4.69, 9.17) is 14.5 Å². The summed E-state index contributed by atoms with van der Waals surface area (Å²) in [6, 6.07) is 9.12. The average Bonchev–Trinajstić information content (AvgIpc) is 3.84. The molecule has 1 unspecified atom stereocenters. The lowest BCUT2D eigenvalue weighted by Crippen LogP contribution is -2.63. The molecule has 1 aromatic carbocycles. The van der Waals surface area contributed by atoms with E-state index in [-0.39, 0.29) is 48.2 Å². The zero-order chi connectivity index (χ0) is 31.0. The van der Waals surface area contributed by atoms with Gasteiger partial charge in [0.15, 0.2) is 0 Å². The van der Waals surface area contributed by atoms with E-state index in [0.717, 1.165) is 56.8 Å². The predicted octanol–water partition coefficient (Wildman–Crippen LogP) is 3.05. The monoisotopic (exact) mass is 608 g/mol. The van der Waals surface area contributed by atoms with Crippen molar-refractivity contribution in [1.29, 1.82) is 0 Å². The normalized spacial score (nSPS) is 27.8. The van der Waals surface area contributed by atoms with Crippen LogP contribution < -0.4 is 20.3 Å². The number of carbonyl (C=O) groups is 2. The molecule has 2 amide bonds. The lowest BCUT2D eigenvalue weighted by atomic mass is 10.0. The summed E-state index contributed by atoms with van der Waals surface area (Å²) in [5.41, 5.74) is 2.23. The highest BCUT2D eigenvalue weighted by Gasteiger charge is 2.37. The summed E-state index contributed by atoms with van der Waals surface area (Å²) in [6.07, 6.45) is 2.16. The number of carbonyl (C=O) groups excluding carboxylic acids is 2. The zero-order valence-corrected chi connectivity index (χ0v) is 26.2. The molecule has 6 rings (SSSR count). The summed E-state index contributed by atoms with van der Waals surface area (Å²) >= 11 is 0. The van der Waals surface area contributed by atoms with Gasteiger partial charge in [0.25, 0.3) is 0 Å². The Morgan fingerprint density at radius 3 is 2.48 bits per heavy atom. The molecule has 0 bridgehead atoms. The van der Waals surface area contributed by atoms with Crippen molar-refractivity contribution in [2.45, 2.75) is 77.2 Å². The summed E-state index contributed by atoms with van der Waals surface area (Å²) in [7, 11) is 0. The van der Waals surface area contributed by atoms with Crippen molar-refractivity contribution >= 4 is 23.3 Å². The van der Waals surface area contributed by atoms with Crippen LogP contribution in [0.4, 0.5) is 15.9 Å². The van der Waals surface area contributed by atoms with Gasteiger partial charge in [0, 0.05) is 61.7 Å². The van der Waals surface area contributed by atoms with Crippen LogP contribution in [0.1, 0.15) is 51.7 Å². The van der Waals surface area contributed by atoms with Crippen molar-refractivity contribution in [3.05, 3.63) is 47.3 Å². The molecule has 238 valence electrons. The molecule has 3 aliphatic heterocycles. The van der Waals surface area contributed by atoms with Crippen LogP contribution in [-0.4, -0.2) is 103 Å². The summed E-state index contributed by atoms with van der Waals surface area (Å²) in [6.45, 7) is 13.0. The fourth-order valence-corrected chi connectivity index (χ4v) is 6.62. The van der Waals surface area contributed by atoms with Crippen LogP contribution in [0.5, 0.6) is 5.88 Å². The Morgan fingerprint density at radius 1 is 1.05 bits per heavy atom. The van der Waals surface area contributed by atoms with Crippen molar-refractivity contribution in [3.63, 3.8) is 0 Å². The third-order valence-electron chi connectivity index (χ3n) is 9.31. The lowest BCUT2D eigenvalue weighted by Gasteiger charge is -2.46. The molecule has 5 atom stereocenters. The minimum Gasteiger partial charge on any atom is -0.474 e. The fraction of sp³-hybridized carbons (Fsp3) is 0.606. The number of pyridine rings is 1. The van der Waals surface area contributed by atoms with Gasteiger partial charge in [-0.3, -0.25) is 19.4 Å². The number of hydrogen-bond donors (Lipinski definition) is 2. The lowest BCUT2D eigenvalue weighted by molar-refractivity contribution is -0.122. The molecule has 0 spiro atoms. The Bertz CT molecular complexity index is 1340. The van der Waals surface area contributed by atoms with Crippen LogP contribution in [-0.2, 0) is 20.7 Å². The summed E-state index contributed by atoms with van der Waals surface area (Å²) in [4.78, 5) is 38.3. The van der Waals surface area contributed by atoms with E-state index in [1.807, 2.05) is 17.9 Å². The Kier molecular flexibility index (Phi) is 9.18. The van der Waals surface area contributed by atoms with Crippen molar-refractivity contribution < 1.29 is 23.5 Å². The molecule has 2 saturated heterocycles. The smallest absolute Gasteiger partial charge is 0.241 e. The number of halogens is 1. The van der Waals surface area contributed by atoms with Crippen molar-refractivity contribution in [1.82, 2.24) is 20.1 Å². The molecule has 10 nitrogen and oxygen atoms in total. The van der Waals surface area contributed by atoms with Gasteiger partial charge in [0.2, 0.25) is 17.7 Å². The van der Waals surface area contributed by atoms with Crippen LogP contribution >= 0.6 is 0 Å². The third kappa shape index (κ3) is 6.91. The highest BCUT2D eigenvalue weighted by Crippen LogP contribution is 2.38. The first-order valence-electron chi connectivity index (χ1n) is 16.0. The molecule has 44 heavy (non-hydrogen) atoms. The third-order valence-corrected chi connectivity index (χ3v) is 9.31. The van der Waals surface area contributed by atoms with Gasteiger partial charge in [-0.2, -0.15) is 4.98 Å². The Balaban J connectivity index is 1.26. The molecule has 4 heterocycles. The maximum atomic E-state index is 14.2. The van der Waals surface area contributed by atoms with E-state index in [0.29, 0.717) is 42.5 Å². The fourth-order valence-electron chi connectivity index (χ4n) is 6.62. The molecule has 1 saturated carbocycles. The number of fused-ring (bicyclic) bond motifs is 1. The van der Waals surface area contributed by atoms with Gasteiger partial charge >= 0.3 is 0 Å². The summed E-state index contributed by atoms with van der Waals surface area (Å²) in [5, 5.41) is 6.61. The van der Waals surface area contributed by atoms with Crippen molar-refractivity contribution in [2.24, 2.45) is 5.92 Å². The molecule has 11 heteroatoms. The Labute approximate surface area is 259 Å². The summed E-state index contributed by atoms with van der Waals surface area (Å²) < 4.78 is 25.4. The number of piperazine rings is 1. The second kappa shape index (κ2) is 13.1. The first-order valence-corrected chi connectivity index (χ1v) is 16.0. The molecule has 0 radical (unpaired) electrons. The topological polar surface area (TPSA) is 99.3 Å². The highest BCUT2D eigenvalue weighted by molar-refractivity contribution is 5.98. The van der Waals surface area contributed by atoms with Gasteiger partial charge in [-0.05, 0) is 64.3 Å². The first-order chi connectivity index (χ1) is 21.2. The van der Waals surface area contributed by atoms with Crippen molar-refractivity contribution in [2.75, 3.05) is 56.2 Å². The molecule has 2 N–H and O–H groups in total. The molecular weight excluding hydrogens is 563 g/mol. The van der Waals surface area contributed by atoms with Gasteiger partial charge in [-0.1, -0.05) is 12.1 Å². The van der Waals surface area contributed by atoms with E-state index in [1.54, 1.807) is 12.1 Å². The zero-order valence-electron chi connectivity index (χ0n) is 26.2. The quantitative estimate of drug-likeness (QED) is 0.472. The van der Waals surface area contributed by atoms with E-state index < -0.39 is 0 Å². The average molecular weight is 609 g/mol. The number of benzene rings is 1. The Hall–Kier alpha value is -3.12. The first kappa shape index (κ1) is 30.9. The highest BCUT2D eigenvalue weighted by atomic mass is 19.1. The van der Waals surface area contributed by atoms with E-state index in [2.05, 4.69) is 41.2 Å². The number of hydrogen-bond acceptors (Lipinski definition) is 8. The van der Waals surface area contributed by atoms with Crippen LogP contribution in [0.2, 0.25) is 0 Å². The number of ether oxygens (including phenoxy) is 2. The SMILES string of the molecule is CC1COc2nc(NC(=O)C3CC3)c(Cc3ccc(F)cc3)cc2N1C(=O)CN1C[C@@H](C)NC[C@@H]1CN1[C@H](C)COC[C@H]1C. The second-order valence-corrected chi connectivity index (χ2v) is 13.1. The molecule has 1 aliphatic carbocycles. The number of anilines is 2. The number of nitrogens with one attached hydrogen (secondary N) is 2. The van der Waals surface area contributed by atoms with Gasteiger partial charge < -0.3 is 25.0 Å². The largest absolute Gasteiger partial charge is 0.474 e. The minimum absolute atomic E-state index is 0.00308. The van der Waals surface area contributed by atoms with E-state index in [1.165, 1.54) is 12.1 Å². The van der Waals surface area contributed by atoms with Crippen LogP contribution in [0.3, 0.4) is 0 Å². The summed E-state index contributed by atoms with van der Waals surface area (Å²) in [5.74, 6) is 0.398. The number of morpholine rings is 1. The van der Waals surface area contributed by atoms with Gasteiger partial charge in [-0.25, -0.2) is 4.39 Å². The van der Waals surface area contributed by atoms with E-state index >= 15 is 0 Å². The molecule has 4 aliphatic rings. The number of nitrogens with zero attached hydrogens (tertiary/aromatic N) is 4. The number of amides is 2. The van der Waals surface area contributed by atoms with Gasteiger partial charge in [-0.15, -0.1) is 0 Å². The maximum absolute atomic E-state index is 14.2. The number of rotatable bonds is 8. The molecule has 3 fully saturated rings.